The van der Waals surface area contributed by atoms with E-state index in [1.807, 2.05) is 17.5 Å². The molecule has 0 radical (unpaired) electrons. The minimum Gasteiger partial charge on any atom is -0.353 e. The number of amides is 1. The van der Waals surface area contributed by atoms with Crippen molar-refractivity contribution in [3.8, 4) is 9.88 Å². The lowest BCUT2D eigenvalue weighted by atomic mass is 10.0. The van der Waals surface area contributed by atoms with E-state index >= 15 is 0 Å². The monoisotopic (exact) mass is 427 g/mol. The van der Waals surface area contributed by atoms with Crippen LogP contribution in [0.15, 0.2) is 17.5 Å². The lowest BCUT2D eigenvalue weighted by molar-refractivity contribution is -0.121. The number of halogens is 3. The van der Waals surface area contributed by atoms with Crippen LogP contribution in [-0.4, -0.2) is 29.5 Å². The maximum atomic E-state index is 12.2. The standard InChI is InChI=1S/C15H18ClN3OS2.2ClH/c1-9-6-10(4-5-17-9)18-14(20)7-11-8-21-15(19-11)12-2-3-13(16)22-12;;/h2-3,8-10,17H,4-7H2,1H3,(H,18,20);2*1H. The molecule has 0 aromatic carbocycles. The van der Waals surface area contributed by atoms with Crippen LogP contribution >= 0.6 is 59.1 Å². The van der Waals surface area contributed by atoms with Crippen LogP contribution in [0.5, 0.6) is 0 Å². The third-order valence-electron chi connectivity index (χ3n) is 3.67. The molecule has 3 rings (SSSR count). The van der Waals surface area contributed by atoms with Crippen molar-refractivity contribution < 1.29 is 4.79 Å². The van der Waals surface area contributed by atoms with Gasteiger partial charge in [0.25, 0.3) is 0 Å². The van der Waals surface area contributed by atoms with Gasteiger partial charge in [-0.2, -0.15) is 0 Å². The second kappa shape index (κ2) is 9.94. The number of carbonyl (C=O) groups is 1. The second-order valence-corrected chi connectivity index (χ2v) is 8.14. The second-order valence-electron chi connectivity index (χ2n) is 5.57. The topological polar surface area (TPSA) is 54.0 Å². The molecule has 1 aliphatic rings. The van der Waals surface area contributed by atoms with Crippen molar-refractivity contribution in [1.29, 1.82) is 0 Å². The Labute approximate surface area is 167 Å². The number of hydrogen-bond acceptors (Lipinski definition) is 5. The average Bonchev–Trinajstić information content (AvgIpc) is 3.07. The number of aromatic nitrogens is 1. The van der Waals surface area contributed by atoms with E-state index < -0.39 is 0 Å². The number of rotatable bonds is 4. The minimum atomic E-state index is 0. The number of nitrogens with zero attached hydrogens (tertiary/aromatic N) is 1. The molecule has 9 heteroatoms. The molecule has 1 amide bonds. The van der Waals surface area contributed by atoms with Crippen molar-refractivity contribution in [2.75, 3.05) is 6.54 Å². The fraction of sp³-hybridized carbons (Fsp3) is 0.467. The molecule has 134 valence electrons. The number of nitrogens with one attached hydrogen (secondary N) is 2. The number of hydrogen-bond donors (Lipinski definition) is 2. The third kappa shape index (κ3) is 5.86. The Morgan fingerprint density at radius 2 is 2.25 bits per heavy atom. The van der Waals surface area contributed by atoms with Gasteiger partial charge in [0.15, 0.2) is 0 Å². The predicted octanol–water partition coefficient (Wildman–Crippen LogP) is 4.17. The summed E-state index contributed by atoms with van der Waals surface area (Å²) in [4.78, 5) is 17.7. The van der Waals surface area contributed by atoms with Crippen molar-refractivity contribution in [1.82, 2.24) is 15.6 Å². The van der Waals surface area contributed by atoms with Crippen molar-refractivity contribution in [2.45, 2.75) is 38.3 Å². The summed E-state index contributed by atoms with van der Waals surface area (Å²) in [7, 11) is 0. The maximum Gasteiger partial charge on any atom is 0.226 e. The van der Waals surface area contributed by atoms with Gasteiger partial charge in [-0.1, -0.05) is 11.6 Å². The zero-order chi connectivity index (χ0) is 15.5. The Bertz CT molecular complexity index is 662. The van der Waals surface area contributed by atoms with Crippen molar-refractivity contribution >= 4 is 65.0 Å². The summed E-state index contributed by atoms with van der Waals surface area (Å²) in [6.07, 6.45) is 2.32. The number of thiazole rings is 1. The lowest BCUT2D eigenvalue weighted by Crippen LogP contribution is -2.46. The molecule has 0 aliphatic carbocycles. The number of thiophene rings is 1. The first-order chi connectivity index (χ1) is 10.6. The van der Waals surface area contributed by atoms with Gasteiger partial charge in [-0.15, -0.1) is 47.5 Å². The fourth-order valence-electron chi connectivity index (χ4n) is 2.64. The highest BCUT2D eigenvalue weighted by atomic mass is 35.5. The summed E-state index contributed by atoms with van der Waals surface area (Å²) in [5.41, 5.74) is 0.823. The third-order valence-corrected chi connectivity index (χ3v) is 5.96. The molecule has 2 aromatic rings. The minimum absolute atomic E-state index is 0. The molecule has 2 aromatic heterocycles. The Morgan fingerprint density at radius 3 is 2.92 bits per heavy atom. The van der Waals surface area contributed by atoms with Crippen LogP contribution < -0.4 is 10.6 Å². The lowest BCUT2D eigenvalue weighted by Gasteiger charge is -2.28. The highest BCUT2D eigenvalue weighted by Gasteiger charge is 2.20. The summed E-state index contributed by atoms with van der Waals surface area (Å²) >= 11 is 9.01. The van der Waals surface area contributed by atoms with Crippen LogP contribution in [0.25, 0.3) is 9.88 Å². The molecule has 1 fully saturated rings. The van der Waals surface area contributed by atoms with Crippen LogP contribution in [0, 0.1) is 0 Å². The molecule has 0 saturated carbocycles. The van der Waals surface area contributed by atoms with Crippen LogP contribution in [0.1, 0.15) is 25.5 Å². The highest BCUT2D eigenvalue weighted by Crippen LogP contribution is 2.32. The molecule has 0 bridgehead atoms. The van der Waals surface area contributed by atoms with Gasteiger partial charge in [-0.05, 0) is 38.4 Å². The first-order valence-electron chi connectivity index (χ1n) is 7.33. The van der Waals surface area contributed by atoms with E-state index in [2.05, 4.69) is 22.5 Å². The molecule has 0 spiro atoms. The Kier molecular flexibility index (Phi) is 8.98. The molecule has 2 unspecified atom stereocenters. The molecule has 3 heterocycles. The van der Waals surface area contributed by atoms with E-state index in [9.17, 15) is 4.79 Å². The molecule has 1 saturated heterocycles. The van der Waals surface area contributed by atoms with Gasteiger partial charge < -0.3 is 10.6 Å². The van der Waals surface area contributed by atoms with E-state index in [-0.39, 0.29) is 36.8 Å². The van der Waals surface area contributed by atoms with Gasteiger partial charge in [-0.25, -0.2) is 4.98 Å². The van der Waals surface area contributed by atoms with Gasteiger partial charge in [0.1, 0.15) is 5.01 Å². The number of carbonyl (C=O) groups excluding carboxylic acids is 1. The fourth-order valence-corrected chi connectivity index (χ4v) is 4.57. The molecular formula is C15H20Cl3N3OS2. The Morgan fingerprint density at radius 1 is 1.46 bits per heavy atom. The molecule has 2 atom stereocenters. The molecule has 2 N–H and O–H groups in total. The predicted molar refractivity (Wildman–Crippen MR) is 107 cm³/mol. The van der Waals surface area contributed by atoms with Gasteiger partial charge in [-0.3, -0.25) is 4.79 Å². The van der Waals surface area contributed by atoms with Gasteiger partial charge in [0.2, 0.25) is 5.91 Å². The van der Waals surface area contributed by atoms with Crippen LogP contribution in [-0.2, 0) is 11.2 Å². The summed E-state index contributed by atoms with van der Waals surface area (Å²) in [5, 5.41) is 9.38. The van der Waals surface area contributed by atoms with Crippen LogP contribution in [0.4, 0.5) is 0 Å². The van der Waals surface area contributed by atoms with Gasteiger partial charge in [0.05, 0.1) is 21.3 Å². The average molecular weight is 429 g/mol. The number of piperidine rings is 1. The maximum absolute atomic E-state index is 12.2. The van der Waals surface area contributed by atoms with E-state index in [4.69, 9.17) is 11.6 Å². The van der Waals surface area contributed by atoms with Crippen molar-refractivity contribution in [3.63, 3.8) is 0 Å². The Balaban J connectivity index is 0.00000144. The van der Waals surface area contributed by atoms with Gasteiger partial charge in [0, 0.05) is 17.5 Å². The summed E-state index contributed by atoms with van der Waals surface area (Å²) < 4.78 is 0.754. The van der Waals surface area contributed by atoms with Gasteiger partial charge >= 0.3 is 0 Å². The van der Waals surface area contributed by atoms with Crippen LogP contribution in [0.3, 0.4) is 0 Å². The van der Waals surface area contributed by atoms with E-state index in [0.29, 0.717) is 12.5 Å². The van der Waals surface area contributed by atoms with Crippen molar-refractivity contribution in [3.05, 3.63) is 27.5 Å². The first-order valence-corrected chi connectivity index (χ1v) is 9.40. The first kappa shape index (κ1) is 21.7. The molecule has 1 aliphatic heterocycles. The smallest absolute Gasteiger partial charge is 0.226 e. The molecule has 4 nitrogen and oxygen atoms in total. The van der Waals surface area contributed by atoms with E-state index in [1.54, 1.807) is 11.3 Å². The van der Waals surface area contributed by atoms with E-state index in [1.165, 1.54) is 11.3 Å². The zero-order valence-electron chi connectivity index (χ0n) is 13.1. The largest absolute Gasteiger partial charge is 0.353 e. The van der Waals surface area contributed by atoms with Crippen molar-refractivity contribution in [2.24, 2.45) is 0 Å². The van der Waals surface area contributed by atoms with E-state index in [0.717, 1.165) is 39.3 Å². The molecule has 24 heavy (non-hydrogen) atoms. The summed E-state index contributed by atoms with van der Waals surface area (Å²) in [6, 6.07) is 4.58. The molecular weight excluding hydrogens is 409 g/mol. The SMILES string of the molecule is CC1CC(NC(=O)Cc2csc(-c3ccc(Cl)s3)n2)CCN1.Cl.Cl. The van der Waals surface area contributed by atoms with Crippen LogP contribution in [0.2, 0.25) is 4.34 Å². The normalized spacial score (nSPS) is 19.9. The zero-order valence-corrected chi connectivity index (χ0v) is 17.1. The quantitative estimate of drug-likeness (QED) is 0.768. The summed E-state index contributed by atoms with van der Waals surface area (Å²) in [5.74, 6) is 0.0557. The summed E-state index contributed by atoms with van der Waals surface area (Å²) in [6.45, 7) is 3.11. The highest BCUT2D eigenvalue weighted by molar-refractivity contribution is 7.23. The Hall–Kier alpha value is -0.370.